The van der Waals surface area contributed by atoms with E-state index in [0.717, 1.165) is 11.5 Å². The minimum atomic E-state index is -0.156. The van der Waals surface area contributed by atoms with Gasteiger partial charge in [-0.1, -0.05) is 0 Å². The lowest BCUT2D eigenvalue weighted by Gasteiger charge is -2.16. The van der Waals surface area contributed by atoms with Gasteiger partial charge in [-0.2, -0.15) is 4.37 Å². The predicted molar refractivity (Wildman–Crippen MR) is 68.1 cm³/mol. The summed E-state index contributed by atoms with van der Waals surface area (Å²) in [6.07, 6.45) is 0. The summed E-state index contributed by atoms with van der Waals surface area (Å²) < 4.78 is 4.03. The van der Waals surface area contributed by atoms with Gasteiger partial charge >= 0.3 is 0 Å². The molecule has 0 spiro atoms. The molecule has 1 heterocycles. The maximum atomic E-state index is 11.9. The average molecular weight is 242 g/mol. The maximum absolute atomic E-state index is 11.9. The Morgan fingerprint density at radius 2 is 2.25 bits per heavy atom. The van der Waals surface area contributed by atoms with Crippen LogP contribution in [-0.2, 0) is 0 Å². The van der Waals surface area contributed by atoms with Crippen LogP contribution in [0.3, 0.4) is 0 Å². The van der Waals surface area contributed by atoms with Crippen molar-refractivity contribution in [1.29, 1.82) is 0 Å². The largest absolute Gasteiger partial charge is 0.382 e. The van der Waals surface area contributed by atoms with Crippen molar-refractivity contribution >= 4 is 28.3 Å². The minimum Gasteiger partial charge on any atom is -0.382 e. The standard InChI is InChI=1S/C10H18N4OS/c1-5-14(4)10-7(8(11)13-16-10)9(15)12-6(2)3/h6H,5H2,1-4H3,(H2,11,13)(H,12,15). The van der Waals surface area contributed by atoms with Gasteiger partial charge in [0.05, 0.1) is 0 Å². The van der Waals surface area contributed by atoms with Crippen molar-refractivity contribution in [1.82, 2.24) is 9.69 Å². The Labute approximate surface area is 99.8 Å². The molecule has 0 bridgehead atoms. The Kier molecular flexibility index (Phi) is 4.12. The molecule has 0 saturated heterocycles. The predicted octanol–water partition coefficient (Wildman–Crippen LogP) is 1.32. The number of amides is 1. The average Bonchev–Trinajstić information content (AvgIpc) is 2.58. The molecule has 1 amide bonds. The smallest absolute Gasteiger partial charge is 0.258 e. The van der Waals surface area contributed by atoms with Crippen LogP contribution in [0.25, 0.3) is 0 Å². The quantitative estimate of drug-likeness (QED) is 0.835. The highest BCUT2D eigenvalue weighted by atomic mass is 32.1. The van der Waals surface area contributed by atoms with Crippen LogP contribution in [0.4, 0.5) is 10.8 Å². The highest BCUT2D eigenvalue weighted by Gasteiger charge is 2.21. The van der Waals surface area contributed by atoms with E-state index in [0.29, 0.717) is 11.4 Å². The van der Waals surface area contributed by atoms with E-state index < -0.39 is 0 Å². The van der Waals surface area contributed by atoms with Crippen molar-refractivity contribution in [3.63, 3.8) is 0 Å². The molecule has 0 atom stereocenters. The van der Waals surface area contributed by atoms with Crippen molar-refractivity contribution < 1.29 is 4.79 Å². The number of nitrogens with zero attached hydrogens (tertiary/aromatic N) is 2. The van der Waals surface area contributed by atoms with Crippen LogP contribution in [0, 0.1) is 0 Å². The molecule has 0 unspecified atom stereocenters. The highest BCUT2D eigenvalue weighted by Crippen LogP contribution is 2.29. The van der Waals surface area contributed by atoms with Gasteiger partial charge in [-0.15, -0.1) is 0 Å². The van der Waals surface area contributed by atoms with E-state index >= 15 is 0 Å². The fourth-order valence-corrected chi connectivity index (χ4v) is 2.08. The van der Waals surface area contributed by atoms with Crippen molar-refractivity contribution in [2.45, 2.75) is 26.8 Å². The molecule has 0 aliphatic rings. The number of carbonyl (C=O) groups excluding carboxylic acids is 1. The summed E-state index contributed by atoms with van der Waals surface area (Å²) in [6.45, 7) is 6.65. The number of anilines is 2. The first kappa shape index (κ1) is 12.8. The first-order chi connectivity index (χ1) is 7.47. The second-order valence-corrected chi connectivity index (χ2v) is 4.64. The van der Waals surface area contributed by atoms with Crippen molar-refractivity contribution in [2.24, 2.45) is 0 Å². The van der Waals surface area contributed by atoms with Gasteiger partial charge in [0.1, 0.15) is 10.6 Å². The third-order valence-electron chi connectivity index (χ3n) is 2.17. The van der Waals surface area contributed by atoms with E-state index in [2.05, 4.69) is 9.69 Å². The minimum absolute atomic E-state index is 0.0894. The van der Waals surface area contributed by atoms with Gasteiger partial charge in [-0.05, 0) is 32.3 Å². The molecule has 1 aromatic heterocycles. The summed E-state index contributed by atoms with van der Waals surface area (Å²) in [4.78, 5) is 13.9. The molecular weight excluding hydrogens is 224 g/mol. The van der Waals surface area contributed by atoms with E-state index in [9.17, 15) is 4.79 Å². The number of carbonyl (C=O) groups is 1. The van der Waals surface area contributed by atoms with E-state index in [-0.39, 0.29) is 11.9 Å². The molecule has 0 radical (unpaired) electrons. The zero-order chi connectivity index (χ0) is 12.3. The van der Waals surface area contributed by atoms with Crippen LogP contribution in [-0.4, -0.2) is 29.9 Å². The molecule has 6 heteroatoms. The molecule has 1 rings (SSSR count). The van der Waals surface area contributed by atoms with E-state index in [1.807, 2.05) is 32.7 Å². The van der Waals surface area contributed by atoms with Crippen molar-refractivity contribution in [3.8, 4) is 0 Å². The molecule has 1 aromatic rings. The van der Waals surface area contributed by atoms with Gasteiger partial charge in [-0.25, -0.2) is 0 Å². The number of nitrogens with one attached hydrogen (secondary N) is 1. The molecule has 0 aromatic carbocycles. The molecule has 3 N–H and O–H groups in total. The summed E-state index contributed by atoms with van der Waals surface area (Å²) in [7, 11) is 1.92. The zero-order valence-corrected chi connectivity index (χ0v) is 10.9. The van der Waals surface area contributed by atoms with Crippen LogP contribution in [0.5, 0.6) is 0 Å². The van der Waals surface area contributed by atoms with Gasteiger partial charge < -0.3 is 16.0 Å². The molecule has 0 fully saturated rings. The molecule has 0 aliphatic heterocycles. The van der Waals surface area contributed by atoms with Gasteiger partial charge in [0, 0.05) is 19.6 Å². The van der Waals surface area contributed by atoms with Crippen LogP contribution in [0.15, 0.2) is 0 Å². The van der Waals surface area contributed by atoms with E-state index in [1.165, 1.54) is 11.5 Å². The summed E-state index contributed by atoms with van der Waals surface area (Å²) in [5.41, 5.74) is 6.21. The van der Waals surface area contributed by atoms with Gasteiger partial charge in [-0.3, -0.25) is 4.79 Å². The van der Waals surface area contributed by atoms with Crippen molar-refractivity contribution in [2.75, 3.05) is 24.2 Å². The number of hydrogen-bond donors (Lipinski definition) is 2. The molecular formula is C10H18N4OS. The lowest BCUT2D eigenvalue weighted by molar-refractivity contribution is 0.0945. The van der Waals surface area contributed by atoms with Crippen molar-refractivity contribution in [3.05, 3.63) is 5.56 Å². The second kappa shape index (κ2) is 5.16. The van der Waals surface area contributed by atoms with Crippen LogP contribution >= 0.6 is 11.5 Å². The topological polar surface area (TPSA) is 71.2 Å². The molecule has 0 saturated carbocycles. The Balaban J connectivity index is 3.01. The van der Waals surface area contributed by atoms with Gasteiger partial charge in [0.15, 0.2) is 5.82 Å². The number of hydrogen-bond acceptors (Lipinski definition) is 5. The molecule has 90 valence electrons. The fourth-order valence-electron chi connectivity index (χ4n) is 1.25. The monoisotopic (exact) mass is 242 g/mol. The van der Waals surface area contributed by atoms with E-state index in [1.54, 1.807) is 0 Å². The number of rotatable bonds is 4. The lowest BCUT2D eigenvalue weighted by atomic mass is 10.2. The Hall–Kier alpha value is -1.30. The third kappa shape index (κ3) is 2.63. The summed E-state index contributed by atoms with van der Waals surface area (Å²) in [5.74, 6) is 0.148. The number of nitrogens with two attached hydrogens (primary N) is 1. The highest BCUT2D eigenvalue weighted by molar-refractivity contribution is 7.11. The Morgan fingerprint density at radius 1 is 1.62 bits per heavy atom. The molecule has 0 aliphatic carbocycles. The fraction of sp³-hybridized carbons (Fsp3) is 0.600. The maximum Gasteiger partial charge on any atom is 0.258 e. The summed E-state index contributed by atoms with van der Waals surface area (Å²) in [5, 5.41) is 3.64. The van der Waals surface area contributed by atoms with Gasteiger partial charge in [0.25, 0.3) is 5.91 Å². The van der Waals surface area contributed by atoms with Crippen LogP contribution in [0.1, 0.15) is 31.1 Å². The van der Waals surface area contributed by atoms with E-state index in [4.69, 9.17) is 5.73 Å². The summed E-state index contributed by atoms with van der Waals surface area (Å²) >= 11 is 1.25. The summed E-state index contributed by atoms with van der Waals surface area (Å²) in [6, 6.07) is 0.0894. The first-order valence-electron chi connectivity index (χ1n) is 5.24. The van der Waals surface area contributed by atoms with Crippen LogP contribution in [0.2, 0.25) is 0 Å². The molecule has 5 nitrogen and oxygen atoms in total. The Morgan fingerprint density at radius 3 is 2.75 bits per heavy atom. The molecule has 16 heavy (non-hydrogen) atoms. The Bertz CT molecular complexity index is 375. The van der Waals surface area contributed by atoms with Gasteiger partial charge in [0.2, 0.25) is 0 Å². The lowest BCUT2D eigenvalue weighted by Crippen LogP contribution is -2.31. The zero-order valence-electron chi connectivity index (χ0n) is 10.1. The third-order valence-corrected chi connectivity index (χ3v) is 3.15. The number of nitrogen functional groups attached to an aromatic ring is 1. The van der Waals surface area contributed by atoms with Crippen LogP contribution < -0.4 is 16.0 Å². The number of aromatic nitrogens is 1. The SMILES string of the molecule is CCN(C)c1snc(N)c1C(=O)NC(C)C. The first-order valence-corrected chi connectivity index (χ1v) is 6.01. The normalized spacial score (nSPS) is 10.6. The second-order valence-electron chi connectivity index (χ2n) is 3.89.